The number of carbonyl (C=O) groups excluding carboxylic acids is 1. The minimum Gasteiger partial charge on any atom is -0.354 e. The van der Waals surface area contributed by atoms with Gasteiger partial charge in [0.15, 0.2) is 11.6 Å². The number of amides is 1. The molecule has 144 valence electrons. The Bertz CT molecular complexity index is 1020. The number of alkyl halides is 3. The number of carbonyl (C=O) groups is 1. The van der Waals surface area contributed by atoms with E-state index in [0.29, 0.717) is 0 Å². The summed E-state index contributed by atoms with van der Waals surface area (Å²) in [5, 5.41) is 4.94. The first-order valence-electron chi connectivity index (χ1n) is 7.89. The third-order valence-electron chi connectivity index (χ3n) is 3.69. The van der Waals surface area contributed by atoms with E-state index in [1.54, 1.807) is 0 Å². The Morgan fingerprint density at radius 2 is 1.64 bits per heavy atom. The van der Waals surface area contributed by atoms with Crippen LogP contribution in [0.4, 0.5) is 39.0 Å². The molecular formula is C19H12F5N3O. The van der Waals surface area contributed by atoms with Gasteiger partial charge in [0.25, 0.3) is 5.91 Å². The van der Waals surface area contributed by atoms with Gasteiger partial charge >= 0.3 is 6.18 Å². The average molecular weight is 393 g/mol. The van der Waals surface area contributed by atoms with Crippen LogP contribution in [-0.2, 0) is 6.18 Å². The molecular weight excluding hydrogens is 381 g/mol. The molecule has 28 heavy (non-hydrogen) atoms. The fraction of sp³-hybridized carbons (Fsp3) is 0.0526. The van der Waals surface area contributed by atoms with Gasteiger partial charge in [0.1, 0.15) is 0 Å². The van der Waals surface area contributed by atoms with E-state index >= 15 is 0 Å². The van der Waals surface area contributed by atoms with Crippen LogP contribution in [0.1, 0.15) is 15.9 Å². The van der Waals surface area contributed by atoms with Gasteiger partial charge in [-0.15, -0.1) is 0 Å². The lowest BCUT2D eigenvalue weighted by atomic mass is 10.1. The van der Waals surface area contributed by atoms with Gasteiger partial charge in [0.2, 0.25) is 0 Å². The number of hydrogen-bond acceptors (Lipinski definition) is 3. The lowest BCUT2D eigenvalue weighted by molar-refractivity contribution is -0.136. The second kappa shape index (κ2) is 7.63. The Labute approximate surface area is 156 Å². The molecule has 0 fully saturated rings. The fourth-order valence-corrected chi connectivity index (χ4v) is 2.41. The molecule has 1 heterocycles. The number of pyridine rings is 1. The quantitative estimate of drug-likeness (QED) is 0.586. The van der Waals surface area contributed by atoms with E-state index in [1.807, 2.05) is 0 Å². The standard InChI is InChI=1S/C19H12F5N3O/c20-15-6-5-12(8-16(15)21)26-13-7-11(9-25-10-13)18(28)27-17-4-2-1-3-14(17)19(22,23)24/h1-10,26H,(H,27,28). The van der Waals surface area contributed by atoms with E-state index < -0.39 is 29.3 Å². The Morgan fingerprint density at radius 1 is 0.893 bits per heavy atom. The highest BCUT2D eigenvalue weighted by molar-refractivity contribution is 6.05. The van der Waals surface area contributed by atoms with Crippen LogP contribution in [0.15, 0.2) is 60.9 Å². The second-order valence-corrected chi connectivity index (χ2v) is 5.71. The molecule has 2 N–H and O–H groups in total. The van der Waals surface area contributed by atoms with Crippen LogP contribution in [0.25, 0.3) is 0 Å². The molecule has 0 saturated carbocycles. The van der Waals surface area contributed by atoms with Crippen molar-refractivity contribution in [2.75, 3.05) is 10.6 Å². The minimum atomic E-state index is -4.63. The van der Waals surface area contributed by atoms with Crippen molar-refractivity contribution in [2.45, 2.75) is 6.18 Å². The Kier molecular flexibility index (Phi) is 5.25. The van der Waals surface area contributed by atoms with Crippen molar-refractivity contribution in [3.63, 3.8) is 0 Å². The molecule has 0 aliphatic heterocycles. The number of hydrogen-bond donors (Lipinski definition) is 2. The summed E-state index contributed by atoms with van der Waals surface area (Å²) >= 11 is 0. The molecule has 0 aliphatic carbocycles. The summed E-state index contributed by atoms with van der Waals surface area (Å²) in [6, 6.07) is 9.02. The van der Waals surface area contributed by atoms with Crippen LogP contribution in [0, 0.1) is 11.6 Å². The minimum absolute atomic E-state index is 0.0236. The van der Waals surface area contributed by atoms with Gasteiger partial charge in [-0.1, -0.05) is 12.1 Å². The number of halogens is 5. The Hall–Kier alpha value is -3.49. The second-order valence-electron chi connectivity index (χ2n) is 5.71. The number of anilines is 3. The molecule has 0 bridgehead atoms. The molecule has 1 aromatic heterocycles. The third kappa shape index (κ3) is 4.43. The number of rotatable bonds is 4. The molecule has 4 nitrogen and oxygen atoms in total. The van der Waals surface area contributed by atoms with Gasteiger partial charge in [-0.2, -0.15) is 13.2 Å². The zero-order valence-corrected chi connectivity index (χ0v) is 14.0. The molecule has 1 amide bonds. The summed E-state index contributed by atoms with van der Waals surface area (Å²) in [5.41, 5.74) is -0.917. The third-order valence-corrected chi connectivity index (χ3v) is 3.69. The lowest BCUT2D eigenvalue weighted by Gasteiger charge is -2.14. The van der Waals surface area contributed by atoms with E-state index in [0.717, 1.165) is 24.3 Å². The summed E-state index contributed by atoms with van der Waals surface area (Å²) in [7, 11) is 0. The summed E-state index contributed by atoms with van der Waals surface area (Å²) in [6.07, 6.45) is -2.14. The highest BCUT2D eigenvalue weighted by Crippen LogP contribution is 2.34. The van der Waals surface area contributed by atoms with Crippen LogP contribution in [0.3, 0.4) is 0 Å². The maximum absolute atomic E-state index is 13.3. The van der Waals surface area contributed by atoms with E-state index in [2.05, 4.69) is 15.6 Å². The smallest absolute Gasteiger partial charge is 0.354 e. The lowest BCUT2D eigenvalue weighted by Crippen LogP contribution is -2.17. The van der Waals surface area contributed by atoms with E-state index in [1.165, 1.54) is 36.7 Å². The Morgan fingerprint density at radius 3 is 2.36 bits per heavy atom. The maximum atomic E-state index is 13.3. The van der Waals surface area contributed by atoms with Crippen molar-refractivity contribution in [2.24, 2.45) is 0 Å². The maximum Gasteiger partial charge on any atom is 0.418 e. The van der Waals surface area contributed by atoms with Crippen LogP contribution >= 0.6 is 0 Å². The van der Waals surface area contributed by atoms with Crippen molar-refractivity contribution in [1.29, 1.82) is 0 Å². The van der Waals surface area contributed by atoms with Crippen molar-refractivity contribution in [1.82, 2.24) is 4.98 Å². The first-order chi connectivity index (χ1) is 13.2. The molecule has 2 aromatic carbocycles. The number of aromatic nitrogens is 1. The molecule has 0 atom stereocenters. The predicted octanol–water partition coefficient (Wildman–Crippen LogP) is 5.37. The zero-order chi connectivity index (χ0) is 20.3. The summed E-state index contributed by atoms with van der Waals surface area (Å²) < 4.78 is 65.4. The zero-order valence-electron chi connectivity index (χ0n) is 14.0. The van der Waals surface area contributed by atoms with Crippen LogP contribution in [0.2, 0.25) is 0 Å². The highest BCUT2D eigenvalue weighted by Gasteiger charge is 2.33. The van der Waals surface area contributed by atoms with Gasteiger partial charge in [-0.05, 0) is 30.3 Å². The first-order valence-corrected chi connectivity index (χ1v) is 7.89. The van der Waals surface area contributed by atoms with Gasteiger partial charge in [-0.3, -0.25) is 9.78 Å². The van der Waals surface area contributed by atoms with Crippen molar-refractivity contribution in [3.05, 3.63) is 83.7 Å². The van der Waals surface area contributed by atoms with Crippen molar-refractivity contribution < 1.29 is 26.7 Å². The van der Waals surface area contributed by atoms with Gasteiger partial charge in [0.05, 0.1) is 28.7 Å². The average Bonchev–Trinajstić information content (AvgIpc) is 2.64. The molecule has 9 heteroatoms. The van der Waals surface area contributed by atoms with Gasteiger partial charge in [-0.25, -0.2) is 8.78 Å². The van der Waals surface area contributed by atoms with E-state index in [9.17, 15) is 26.7 Å². The molecule has 0 saturated heterocycles. The topological polar surface area (TPSA) is 54.0 Å². The van der Waals surface area contributed by atoms with E-state index in [-0.39, 0.29) is 22.6 Å². The highest BCUT2D eigenvalue weighted by atomic mass is 19.4. The molecule has 0 radical (unpaired) electrons. The van der Waals surface area contributed by atoms with E-state index in [4.69, 9.17) is 0 Å². The Balaban J connectivity index is 1.80. The largest absolute Gasteiger partial charge is 0.418 e. The monoisotopic (exact) mass is 393 g/mol. The molecule has 0 aliphatic rings. The number of benzene rings is 2. The van der Waals surface area contributed by atoms with Crippen molar-refractivity contribution in [3.8, 4) is 0 Å². The number of para-hydroxylation sites is 1. The summed E-state index contributed by atoms with van der Waals surface area (Å²) in [6.45, 7) is 0. The van der Waals surface area contributed by atoms with Crippen molar-refractivity contribution >= 4 is 23.0 Å². The molecule has 3 aromatic rings. The summed E-state index contributed by atoms with van der Waals surface area (Å²) in [5.74, 6) is -2.88. The normalized spacial score (nSPS) is 11.2. The number of nitrogens with zero attached hydrogens (tertiary/aromatic N) is 1. The molecule has 0 unspecified atom stereocenters. The SMILES string of the molecule is O=C(Nc1ccccc1C(F)(F)F)c1cncc(Nc2ccc(F)c(F)c2)c1. The first kappa shape index (κ1) is 19.3. The summed E-state index contributed by atoms with van der Waals surface area (Å²) in [4.78, 5) is 16.2. The molecule has 0 spiro atoms. The predicted molar refractivity (Wildman–Crippen MR) is 93.3 cm³/mol. The fourth-order valence-electron chi connectivity index (χ4n) is 2.41. The van der Waals surface area contributed by atoms with Crippen LogP contribution in [-0.4, -0.2) is 10.9 Å². The molecule has 3 rings (SSSR count). The van der Waals surface area contributed by atoms with Gasteiger partial charge in [0, 0.05) is 18.0 Å². The number of nitrogens with one attached hydrogen (secondary N) is 2. The van der Waals surface area contributed by atoms with Gasteiger partial charge < -0.3 is 10.6 Å². The van der Waals surface area contributed by atoms with Crippen LogP contribution < -0.4 is 10.6 Å². The van der Waals surface area contributed by atoms with Crippen LogP contribution in [0.5, 0.6) is 0 Å².